The average Bonchev–Trinajstić information content (AvgIpc) is 2.70. The molecule has 0 aromatic rings. The Bertz CT molecular complexity index is 322. The molecule has 1 fully saturated rings. The molecule has 1 saturated heterocycles. The molecule has 1 rings (SSSR count). The fourth-order valence-corrected chi connectivity index (χ4v) is 1.45. The van der Waals surface area contributed by atoms with E-state index in [1.807, 2.05) is 0 Å². The number of nitrogens with zero attached hydrogens (tertiary/aromatic N) is 1. The lowest BCUT2D eigenvalue weighted by molar-refractivity contribution is -0.160. The Hall–Kier alpha value is -1.15. The highest BCUT2D eigenvalue weighted by molar-refractivity contribution is 5.73. The Balaban J connectivity index is 2.86. The quantitative estimate of drug-likeness (QED) is 0.503. The molecule has 1 aliphatic heterocycles. The van der Waals surface area contributed by atoms with Crippen molar-refractivity contribution in [2.24, 2.45) is 0 Å². The van der Waals surface area contributed by atoms with E-state index in [2.05, 4.69) is 4.74 Å². The number of halogens is 6. The van der Waals surface area contributed by atoms with Crippen molar-refractivity contribution in [1.82, 2.24) is 4.90 Å². The molecule has 1 amide bonds. The number of amides is 1. The SMILES string of the molecule is CC(C)(C)OC(=O)N1C(C(F)(F)F)C1C(F)(F)F. The van der Waals surface area contributed by atoms with Crippen molar-refractivity contribution < 1.29 is 35.9 Å². The molecule has 0 saturated carbocycles. The molecular weight excluding hydrogens is 268 g/mol. The van der Waals surface area contributed by atoms with Crippen LogP contribution in [0.2, 0.25) is 0 Å². The van der Waals surface area contributed by atoms with Crippen LogP contribution in [0.5, 0.6) is 0 Å². The van der Waals surface area contributed by atoms with Gasteiger partial charge in [0, 0.05) is 0 Å². The normalized spacial score (nSPS) is 25.1. The average molecular weight is 279 g/mol. The molecule has 0 aliphatic carbocycles. The first-order valence-electron chi connectivity index (χ1n) is 4.90. The zero-order valence-corrected chi connectivity index (χ0v) is 9.69. The second-order valence-corrected chi connectivity index (χ2v) is 4.86. The van der Waals surface area contributed by atoms with Crippen LogP contribution in [-0.4, -0.2) is 41.0 Å². The summed E-state index contributed by atoms with van der Waals surface area (Å²) < 4.78 is 78.4. The van der Waals surface area contributed by atoms with Crippen molar-refractivity contribution in [3.63, 3.8) is 0 Å². The summed E-state index contributed by atoms with van der Waals surface area (Å²) in [4.78, 5) is 10.9. The second-order valence-electron chi connectivity index (χ2n) is 4.86. The van der Waals surface area contributed by atoms with Crippen LogP contribution in [0.15, 0.2) is 0 Å². The zero-order valence-electron chi connectivity index (χ0n) is 9.69. The van der Waals surface area contributed by atoms with Crippen molar-refractivity contribution >= 4 is 6.09 Å². The monoisotopic (exact) mass is 279 g/mol. The molecule has 0 radical (unpaired) electrons. The van der Waals surface area contributed by atoms with Crippen LogP contribution in [0.25, 0.3) is 0 Å². The van der Waals surface area contributed by atoms with Gasteiger partial charge in [0.25, 0.3) is 0 Å². The van der Waals surface area contributed by atoms with Crippen LogP contribution in [0, 0.1) is 0 Å². The summed E-state index contributed by atoms with van der Waals surface area (Å²) in [5.41, 5.74) is -1.16. The summed E-state index contributed by atoms with van der Waals surface area (Å²) in [5, 5.41) is 0. The van der Waals surface area contributed by atoms with Crippen molar-refractivity contribution in [3.05, 3.63) is 0 Å². The Morgan fingerprint density at radius 1 is 0.944 bits per heavy atom. The van der Waals surface area contributed by atoms with E-state index in [1.54, 1.807) is 0 Å². The lowest BCUT2D eigenvalue weighted by Crippen LogP contribution is -2.31. The van der Waals surface area contributed by atoms with Gasteiger partial charge in [-0.05, 0) is 20.8 Å². The predicted molar refractivity (Wildman–Crippen MR) is 47.8 cm³/mol. The number of carbonyl (C=O) groups is 1. The molecule has 1 heterocycles. The molecule has 18 heavy (non-hydrogen) atoms. The molecule has 9 heteroatoms. The summed E-state index contributed by atoms with van der Waals surface area (Å²) in [5.74, 6) is 0. The first-order valence-corrected chi connectivity index (χ1v) is 4.90. The summed E-state index contributed by atoms with van der Waals surface area (Å²) in [6, 6.07) is -5.71. The van der Waals surface area contributed by atoms with Crippen LogP contribution >= 0.6 is 0 Å². The molecular formula is C9H11F6NO2. The van der Waals surface area contributed by atoms with Crippen molar-refractivity contribution in [2.45, 2.75) is 50.8 Å². The third-order valence-corrected chi connectivity index (χ3v) is 2.08. The van der Waals surface area contributed by atoms with Gasteiger partial charge >= 0.3 is 18.4 Å². The maximum absolute atomic E-state index is 12.3. The van der Waals surface area contributed by atoms with Crippen molar-refractivity contribution in [2.75, 3.05) is 0 Å². The van der Waals surface area contributed by atoms with E-state index >= 15 is 0 Å². The number of alkyl halides is 6. The largest absolute Gasteiger partial charge is 0.444 e. The molecule has 0 N–H and O–H groups in total. The molecule has 2 unspecified atom stereocenters. The van der Waals surface area contributed by atoms with E-state index < -0.39 is 36.1 Å². The first-order chi connectivity index (χ1) is 7.75. The highest BCUT2D eigenvalue weighted by Crippen LogP contribution is 2.49. The van der Waals surface area contributed by atoms with Crippen molar-refractivity contribution in [1.29, 1.82) is 0 Å². The number of ether oxygens (including phenoxy) is 1. The van der Waals surface area contributed by atoms with Gasteiger partial charge < -0.3 is 4.74 Å². The molecule has 0 spiro atoms. The Morgan fingerprint density at radius 2 is 1.28 bits per heavy atom. The van der Waals surface area contributed by atoms with E-state index in [0.29, 0.717) is 0 Å². The minimum Gasteiger partial charge on any atom is -0.444 e. The molecule has 0 aromatic carbocycles. The molecule has 0 aromatic heterocycles. The third kappa shape index (κ3) is 3.20. The Kier molecular flexibility index (Phi) is 3.25. The summed E-state index contributed by atoms with van der Waals surface area (Å²) in [6.45, 7) is 4.04. The lowest BCUT2D eigenvalue weighted by atomic mass is 10.2. The molecule has 2 atom stereocenters. The molecule has 0 bridgehead atoms. The van der Waals surface area contributed by atoms with Gasteiger partial charge in [-0.3, -0.25) is 4.90 Å². The Morgan fingerprint density at radius 3 is 1.50 bits per heavy atom. The van der Waals surface area contributed by atoms with Crippen LogP contribution in [0.1, 0.15) is 20.8 Å². The molecule has 106 valence electrons. The van der Waals surface area contributed by atoms with Crippen LogP contribution < -0.4 is 0 Å². The van der Waals surface area contributed by atoms with Crippen molar-refractivity contribution in [3.8, 4) is 0 Å². The van der Waals surface area contributed by atoms with E-state index in [1.165, 1.54) is 20.8 Å². The summed E-state index contributed by atoms with van der Waals surface area (Å²) in [6.07, 6.45) is -11.9. The van der Waals surface area contributed by atoms with E-state index in [4.69, 9.17) is 0 Å². The maximum Gasteiger partial charge on any atom is 0.411 e. The van der Waals surface area contributed by atoms with Crippen LogP contribution in [0.3, 0.4) is 0 Å². The second kappa shape index (κ2) is 3.92. The number of rotatable bonds is 0. The fraction of sp³-hybridized carbons (Fsp3) is 0.889. The van der Waals surface area contributed by atoms with Gasteiger partial charge in [-0.1, -0.05) is 0 Å². The van der Waals surface area contributed by atoms with Gasteiger partial charge in [-0.2, -0.15) is 26.3 Å². The summed E-state index contributed by atoms with van der Waals surface area (Å²) >= 11 is 0. The number of hydrogen-bond acceptors (Lipinski definition) is 2. The summed E-state index contributed by atoms with van der Waals surface area (Å²) in [7, 11) is 0. The highest BCUT2D eigenvalue weighted by Gasteiger charge is 2.75. The van der Waals surface area contributed by atoms with Crippen LogP contribution in [0.4, 0.5) is 31.1 Å². The van der Waals surface area contributed by atoms with Gasteiger partial charge in [-0.15, -0.1) is 0 Å². The molecule has 1 aliphatic rings. The van der Waals surface area contributed by atoms with Gasteiger partial charge in [0.05, 0.1) is 0 Å². The van der Waals surface area contributed by atoms with Gasteiger partial charge in [-0.25, -0.2) is 4.79 Å². The van der Waals surface area contributed by atoms with Crippen LogP contribution in [-0.2, 0) is 4.74 Å². The van der Waals surface area contributed by atoms with Gasteiger partial charge in [0.15, 0.2) is 12.1 Å². The minimum absolute atomic E-state index is 0.342. The van der Waals surface area contributed by atoms with Gasteiger partial charge in [0.1, 0.15) is 5.60 Å². The lowest BCUT2D eigenvalue weighted by Gasteiger charge is -2.20. The first kappa shape index (κ1) is 14.9. The minimum atomic E-state index is -5.13. The third-order valence-electron chi connectivity index (χ3n) is 2.08. The topological polar surface area (TPSA) is 29.3 Å². The maximum atomic E-state index is 12.3. The van der Waals surface area contributed by atoms with Gasteiger partial charge in [0.2, 0.25) is 0 Å². The van der Waals surface area contributed by atoms with E-state index in [-0.39, 0.29) is 4.90 Å². The standard InChI is InChI=1S/C9H11F6NO2/c1-7(2,3)18-6(17)16-4(8(10,11)12)5(16)9(13,14)15/h4-5H,1-3H3. The van der Waals surface area contributed by atoms with E-state index in [0.717, 1.165) is 0 Å². The Labute approximate surface area is 98.7 Å². The number of hydrogen-bond donors (Lipinski definition) is 0. The predicted octanol–water partition coefficient (Wildman–Crippen LogP) is 3.10. The zero-order chi connectivity index (χ0) is 14.5. The smallest absolute Gasteiger partial charge is 0.411 e. The fourth-order valence-electron chi connectivity index (χ4n) is 1.45. The van der Waals surface area contributed by atoms with E-state index in [9.17, 15) is 31.1 Å². The molecule has 3 nitrogen and oxygen atoms in total. The number of carbonyl (C=O) groups excluding carboxylic acids is 1. The highest BCUT2D eigenvalue weighted by atomic mass is 19.4.